The monoisotopic (exact) mass is 588 g/mol. The molecule has 0 radical (unpaired) electrons. The molecule has 0 saturated carbocycles. The number of hydrogen-bond donors (Lipinski definition) is 3. The van der Waals surface area contributed by atoms with Crippen molar-refractivity contribution in [2.45, 2.75) is 31.5 Å². The highest BCUT2D eigenvalue weighted by atomic mass is 127. The van der Waals surface area contributed by atoms with Crippen LogP contribution in [0.1, 0.15) is 25.0 Å². The first-order chi connectivity index (χ1) is 15.8. The molecule has 0 bridgehead atoms. The fraction of sp³-hybridized carbons (Fsp3) is 0.520. The minimum Gasteiger partial charge on any atom is -0.491 e. The molecule has 33 heavy (non-hydrogen) atoms. The van der Waals surface area contributed by atoms with E-state index in [1.165, 1.54) is 5.56 Å². The number of ether oxygens (including phenoxy) is 2. The molecule has 0 aliphatic carbocycles. The van der Waals surface area contributed by atoms with Crippen molar-refractivity contribution in [2.24, 2.45) is 0 Å². The van der Waals surface area contributed by atoms with Crippen LogP contribution in [-0.2, 0) is 5.41 Å². The van der Waals surface area contributed by atoms with E-state index in [0.717, 1.165) is 46.8 Å². The van der Waals surface area contributed by atoms with E-state index < -0.39 is 12.2 Å². The molecule has 3 rings (SSSR count). The number of aliphatic hydroxyl groups is 2. The van der Waals surface area contributed by atoms with Gasteiger partial charge < -0.3 is 25.0 Å². The van der Waals surface area contributed by atoms with E-state index in [-0.39, 0.29) is 24.5 Å². The van der Waals surface area contributed by atoms with Gasteiger partial charge in [-0.05, 0) is 58.0 Å². The molecule has 2 unspecified atom stereocenters. The van der Waals surface area contributed by atoms with Crippen molar-refractivity contribution < 1.29 is 19.7 Å². The molecule has 1 aliphatic heterocycles. The van der Waals surface area contributed by atoms with Crippen LogP contribution in [-0.4, -0.2) is 79.1 Å². The first-order valence-electron chi connectivity index (χ1n) is 11.3. The highest BCUT2D eigenvalue weighted by molar-refractivity contribution is 14.1. The van der Waals surface area contributed by atoms with Crippen LogP contribution in [0.25, 0.3) is 0 Å². The van der Waals surface area contributed by atoms with Gasteiger partial charge in [0.2, 0.25) is 0 Å². The predicted molar refractivity (Wildman–Crippen MR) is 141 cm³/mol. The van der Waals surface area contributed by atoms with E-state index >= 15 is 0 Å². The van der Waals surface area contributed by atoms with E-state index in [2.05, 4.69) is 70.9 Å². The minimum atomic E-state index is -0.678. The molecule has 3 N–H and O–H groups in total. The Labute approximate surface area is 215 Å². The molecule has 1 heterocycles. The minimum absolute atomic E-state index is 0.149. The second-order valence-corrected chi connectivity index (χ2v) is 10.4. The fourth-order valence-electron chi connectivity index (χ4n) is 3.81. The van der Waals surface area contributed by atoms with Gasteiger partial charge in [-0.2, -0.15) is 0 Å². The van der Waals surface area contributed by atoms with Crippen molar-refractivity contribution in [3.63, 3.8) is 0 Å². The van der Waals surface area contributed by atoms with Gasteiger partial charge in [0.1, 0.15) is 36.9 Å². The summed E-state index contributed by atoms with van der Waals surface area (Å²) in [7, 11) is 0. The molecule has 6 nitrogen and oxygen atoms in total. The van der Waals surface area contributed by atoms with Crippen molar-refractivity contribution in [1.82, 2.24) is 10.2 Å². The molecule has 1 fully saturated rings. The number of alkyl halides is 1. The number of β-amino-alcohol motifs (C(OH)–C–C–N with tert-alkyl or cyclic N) is 1. The zero-order valence-electron chi connectivity index (χ0n) is 19.3. The largest absolute Gasteiger partial charge is 0.491 e. The van der Waals surface area contributed by atoms with Crippen LogP contribution >= 0.6 is 34.2 Å². The van der Waals surface area contributed by atoms with Gasteiger partial charge in [-0.15, -0.1) is 11.6 Å². The molecule has 2 aromatic carbocycles. The third kappa shape index (κ3) is 7.70. The van der Waals surface area contributed by atoms with Gasteiger partial charge in [-0.1, -0.05) is 32.0 Å². The summed E-state index contributed by atoms with van der Waals surface area (Å²) in [5.41, 5.74) is 2.12. The molecular weight excluding hydrogens is 555 g/mol. The van der Waals surface area contributed by atoms with Gasteiger partial charge in [0, 0.05) is 38.1 Å². The highest BCUT2D eigenvalue weighted by Gasteiger charge is 2.24. The maximum absolute atomic E-state index is 10.3. The van der Waals surface area contributed by atoms with Crippen LogP contribution in [0.15, 0.2) is 42.5 Å². The lowest BCUT2D eigenvalue weighted by molar-refractivity contribution is 0.0641. The number of nitrogens with one attached hydrogen (secondary N) is 1. The summed E-state index contributed by atoms with van der Waals surface area (Å²) >= 11 is 7.90. The van der Waals surface area contributed by atoms with E-state index in [1.54, 1.807) is 0 Å². The van der Waals surface area contributed by atoms with Crippen molar-refractivity contribution in [1.29, 1.82) is 0 Å². The summed E-state index contributed by atoms with van der Waals surface area (Å²) in [6.07, 6.45) is -1.19. The Balaban J connectivity index is 1.57. The van der Waals surface area contributed by atoms with E-state index in [4.69, 9.17) is 21.1 Å². The molecule has 0 spiro atoms. The highest BCUT2D eigenvalue weighted by Crippen LogP contribution is 2.35. The van der Waals surface area contributed by atoms with Gasteiger partial charge in [-0.25, -0.2) is 0 Å². The average molecular weight is 589 g/mol. The quantitative estimate of drug-likeness (QED) is 0.277. The number of hydrogen-bond acceptors (Lipinski definition) is 6. The van der Waals surface area contributed by atoms with Gasteiger partial charge in [0.15, 0.2) is 0 Å². The van der Waals surface area contributed by atoms with Gasteiger partial charge in [0.25, 0.3) is 0 Å². The van der Waals surface area contributed by atoms with Crippen molar-refractivity contribution >= 4 is 34.2 Å². The molecule has 0 amide bonds. The molecule has 2 aromatic rings. The molecule has 0 aromatic heterocycles. The van der Waals surface area contributed by atoms with Gasteiger partial charge in [0.05, 0.1) is 9.45 Å². The van der Waals surface area contributed by atoms with E-state index in [0.29, 0.717) is 6.54 Å². The van der Waals surface area contributed by atoms with Crippen LogP contribution in [0.3, 0.4) is 0 Å². The maximum Gasteiger partial charge on any atom is 0.132 e. The standard InChI is InChI=1S/C25H34ClIN2O4/c1-25(2,19-5-8-24(23(27)13-19)33-16-20(30)14-26)18-3-6-22(7-4-18)32-17-21(31)15-29-11-9-28-10-12-29/h3-8,13,20-21,28,30-31H,9-12,14-17H2,1-2H3. The number of benzene rings is 2. The summed E-state index contributed by atoms with van der Waals surface area (Å²) in [6.45, 7) is 9.32. The summed E-state index contributed by atoms with van der Waals surface area (Å²) in [5, 5.41) is 23.2. The molecule has 8 heteroatoms. The van der Waals surface area contributed by atoms with Crippen molar-refractivity contribution in [2.75, 3.05) is 51.8 Å². The third-order valence-corrected chi connectivity index (χ3v) is 7.16. The zero-order valence-corrected chi connectivity index (χ0v) is 22.2. The molecular formula is C25H34ClIN2O4. The first kappa shape index (κ1) is 26.5. The van der Waals surface area contributed by atoms with Crippen LogP contribution < -0.4 is 14.8 Å². The molecule has 2 atom stereocenters. The predicted octanol–water partition coefficient (Wildman–Crippen LogP) is 3.24. The Kier molecular flexibility index (Phi) is 10.1. The second kappa shape index (κ2) is 12.6. The Morgan fingerprint density at radius 3 is 2.27 bits per heavy atom. The van der Waals surface area contributed by atoms with Crippen molar-refractivity contribution in [3.05, 3.63) is 57.2 Å². The first-order valence-corrected chi connectivity index (χ1v) is 12.9. The molecule has 1 aliphatic rings. The Bertz CT molecular complexity index is 875. The smallest absolute Gasteiger partial charge is 0.132 e. The number of halogens is 2. The summed E-state index contributed by atoms with van der Waals surface area (Å²) in [6, 6.07) is 14.2. The topological polar surface area (TPSA) is 74.2 Å². The van der Waals surface area contributed by atoms with Gasteiger partial charge in [-0.3, -0.25) is 4.90 Å². The van der Waals surface area contributed by atoms with Gasteiger partial charge >= 0.3 is 0 Å². The maximum atomic E-state index is 10.3. The number of rotatable bonds is 11. The normalized spacial score (nSPS) is 16.9. The second-order valence-electron chi connectivity index (χ2n) is 8.93. The summed E-state index contributed by atoms with van der Waals surface area (Å²) in [4.78, 5) is 2.26. The lowest BCUT2D eigenvalue weighted by atomic mass is 9.78. The Morgan fingerprint density at radius 2 is 1.64 bits per heavy atom. The van der Waals surface area contributed by atoms with Crippen LogP contribution in [0, 0.1) is 3.57 Å². The lowest BCUT2D eigenvalue weighted by Gasteiger charge is -2.29. The lowest BCUT2D eigenvalue weighted by Crippen LogP contribution is -2.47. The van der Waals surface area contributed by atoms with E-state index in [9.17, 15) is 10.2 Å². The third-order valence-electron chi connectivity index (χ3n) is 5.96. The Morgan fingerprint density at radius 1 is 1.00 bits per heavy atom. The van der Waals surface area contributed by atoms with Crippen LogP contribution in [0.5, 0.6) is 11.5 Å². The molecule has 1 saturated heterocycles. The average Bonchev–Trinajstić information content (AvgIpc) is 2.82. The zero-order chi connectivity index (χ0) is 23.8. The summed E-state index contributed by atoms with van der Waals surface area (Å²) < 4.78 is 12.5. The Hall–Kier alpha value is -1.10. The van der Waals surface area contributed by atoms with Crippen molar-refractivity contribution in [3.8, 4) is 11.5 Å². The van der Waals surface area contributed by atoms with Crippen LogP contribution in [0.4, 0.5) is 0 Å². The molecule has 182 valence electrons. The SMILES string of the molecule is CC(C)(c1ccc(OCC(O)CN2CCNCC2)cc1)c1ccc(OCC(O)CCl)c(I)c1. The van der Waals surface area contributed by atoms with E-state index in [1.807, 2.05) is 18.2 Å². The number of aliphatic hydroxyl groups excluding tert-OH is 2. The summed E-state index contributed by atoms with van der Waals surface area (Å²) in [5.74, 6) is 1.64. The number of nitrogens with zero attached hydrogens (tertiary/aromatic N) is 1. The van der Waals surface area contributed by atoms with Crippen LogP contribution in [0.2, 0.25) is 0 Å². The fourth-order valence-corrected chi connectivity index (χ4v) is 4.57. The number of piperazine rings is 1.